The van der Waals surface area contributed by atoms with E-state index < -0.39 is 11.7 Å². The second-order valence-corrected chi connectivity index (χ2v) is 5.89. The number of rotatable bonds is 1. The van der Waals surface area contributed by atoms with Crippen LogP contribution in [-0.2, 0) is 19.0 Å². The van der Waals surface area contributed by atoms with Gasteiger partial charge in [0.1, 0.15) is 17.5 Å². The Morgan fingerprint density at radius 2 is 1.79 bits per heavy atom. The Hall–Kier alpha value is -2.55. The van der Waals surface area contributed by atoms with Crippen LogP contribution in [0.1, 0.15) is 41.6 Å². The minimum atomic E-state index is -4.50. The van der Waals surface area contributed by atoms with Gasteiger partial charge in [0.05, 0.1) is 5.56 Å². The number of fused-ring (bicyclic) bond motifs is 1. The van der Waals surface area contributed by atoms with E-state index in [2.05, 4.69) is 4.98 Å². The summed E-state index contributed by atoms with van der Waals surface area (Å²) in [4.78, 5) is 4.30. The van der Waals surface area contributed by atoms with Crippen LogP contribution in [0.2, 0.25) is 0 Å². The number of nitrogens with two attached hydrogens (primary N) is 1. The molecule has 1 aromatic heterocycles. The number of nitrogens with zero attached hydrogens (tertiary/aromatic N) is 2. The molecule has 6 heteroatoms. The molecule has 0 bridgehead atoms. The molecule has 1 heterocycles. The lowest BCUT2D eigenvalue weighted by molar-refractivity contribution is -0.137. The van der Waals surface area contributed by atoms with Crippen molar-refractivity contribution in [1.82, 2.24) is 4.98 Å². The third-order valence-corrected chi connectivity index (χ3v) is 4.37. The minimum Gasteiger partial charge on any atom is -0.383 e. The van der Waals surface area contributed by atoms with E-state index >= 15 is 0 Å². The van der Waals surface area contributed by atoms with Gasteiger partial charge >= 0.3 is 6.18 Å². The summed E-state index contributed by atoms with van der Waals surface area (Å²) < 4.78 is 40.4. The highest BCUT2D eigenvalue weighted by molar-refractivity contribution is 5.81. The molecule has 0 radical (unpaired) electrons. The molecule has 2 aromatic rings. The van der Waals surface area contributed by atoms with Gasteiger partial charge in [-0.25, -0.2) is 4.98 Å². The Morgan fingerprint density at radius 3 is 2.50 bits per heavy atom. The molecule has 2 N–H and O–H groups in total. The standard InChI is InChI=1S/C18H16F3N3/c19-18(20,21)14-8-5-4-6-11(14)16-12-7-2-1-3-9-15(12)24-17(23)13(16)10-22/h4-6,8H,1-3,7,9H2,(H2,23,24). The van der Waals surface area contributed by atoms with Gasteiger partial charge in [0.25, 0.3) is 0 Å². The SMILES string of the molecule is N#Cc1c(N)nc2c(c1-c1ccccc1C(F)(F)F)CCCCC2. The van der Waals surface area contributed by atoms with E-state index in [9.17, 15) is 18.4 Å². The first-order valence-corrected chi connectivity index (χ1v) is 7.81. The Labute approximate surface area is 137 Å². The van der Waals surface area contributed by atoms with Crippen molar-refractivity contribution >= 4 is 5.82 Å². The van der Waals surface area contributed by atoms with E-state index in [0.29, 0.717) is 18.4 Å². The summed E-state index contributed by atoms with van der Waals surface area (Å²) in [6.07, 6.45) is -0.445. The second-order valence-electron chi connectivity index (χ2n) is 5.89. The van der Waals surface area contributed by atoms with Crippen LogP contribution in [0.5, 0.6) is 0 Å². The fourth-order valence-electron chi connectivity index (χ4n) is 3.30. The largest absolute Gasteiger partial charge is 0.417 e. The summed E-state index contributed by atoms with van der Waals surface area (Å²) in [5.74, 6) is 0.00475. The molecule has 24 heavy (non-hydrogen) atoms. The van der Waals surface area contributed by atoms with Crippen LogP contribution in [0.4, 0.5) is 19.0 Å². The zero-order valence-corrected chi connectivity index (χ0v) is 13.0. The summed E-state index contributed by atoms with van der Waals surface area (Å²) in [7, 11) is 0. The lowest BCUT2D eigenvalue weighted by Crippen LogP contribution is -2.11. The molecule has 3 nitrogen and oxygen atoms in total. The van der Waals surface area contributed by atoms with Crippen LogP contribution in [0.25, 0.3) is 11.1 Å². The van der Waals surface area contributed by atoms with Gasteiger partial charge in [0.15, 0.2) is 0 Å². The number of pyridine rings is 1. The first-order chi connectivity index (χ1) is 11.4. The van der Waals surface area contributed by atoms with E-state index in [1.165, 1.54) is 12.1 Å². The normalized spacial score (nSPS) is 14.6. The van der Waals surface area contributed by atoms with Gasteiger partial charge < -0.3 is 5.73 Å². The quantitative estimate of drug-likeness (QED) is 0.783. The summed E-state index contributed by atoms with van der Waals surface area (Å²) >= 11 is 0. The van der Waals surface area contributed by atoms with E-state index in [1.54, 1.807) is 6.07 Å². The molecule has 0 unspecified atom stereocenters. The topological polar surface area (TPSA) is 62.7 Å². The lowest BCUT2D eigenvalue weighted by Gasteiger charge is -2.19. The van der Waals surface area contributed by atoms with Gasteiger partial charge in [-0.05, 0) is 42.9 Å². The number of nitriles is 1. The number of aryl methyl sites for hydroxylation is 1. The highest BCUT2D eigenvalue weighted by Gasteiger charge is 2.35. The predicted octanol–water partition coefficient (Wildman–Crippen LogP) is 4.49. The van der Waals surface area contributed by atoms with Crippen molar-refractivity contribution in [2.24, 2.45) is 0 Å². The Kier molecular flexibility index (Phi) is 4.18. The zero-order chi connectivity index (χ0) is 17.3. The van der Waals surface area contributed by atoms with Gasteiger partial charge in [0.2, 0.25) is 0 Å². The van der Waals surface area contributed by atoms with Crippen molar-refractivity contribution in [2.45, 2.75) is 38.3 Å². The zero-order valence-electron chi connectivity index (χ0n) is 13.0. The summed E-state index contributed by atoms with van der Waals surface area (Å²) in [5, 5.41) is 9.47. The number of halogens is 3. The fraction of sp³-hybridized carbons (Fsp3) is 0.333. The van der Waals surface area contributed by atoms with E-state index in [1.807, 2.05) is 6.07 Å². The van der Waals surface area contributed by atoms with Gasteiger partial charge in [-0.2, -0.15) is 18.4 Å². The number of hydrogen-bond donors (Lipinski definition) is 1. The molecule has 0 saturated heterocycles. The van der Waals surface area contributed by atoms with Gasteiger partial charge in [-0.3, -0.25) is 0 Å². The molecule has 3 rings (SSSR count). The number of aromatic nitrogens is 1. The molecule has 124 valence electrons. The summed E-state index contributed by atoms with van der Waals surface area (Å²) in [6.45, 7) is 0. The third kappa shape index (κ3) is 2.82. The van der Waals surface area contributed by atoms with Crippen LogP contribution >= 0.6 is 0 Å². The van der Waals surface area contributed by atoms with Gasteiger partial charge in [0, 0.05) is 11.3 Å². The predicted molar refractivity (Wildman–Crippen MR) is 85.1 cm³/mol. The molecule has 0 spiro atoms. The molecular formula is C18H16F3N3. The molecule has 0 aliphatic heterocycles. The molecular weight excluding hydrogens is 315 g/mol. The van der Waals surface area contributed by atoms with Crippen molar-refractivity contribution in [3.63, 3.8) is 0 Å². The molecule has 1 aromatic carbocycles. The highest BCUT2D eigenvalue weighted by atomic mass is 19.4. The molecule has 0 atom stereocenters. The highest BCUT2D eigenvalue weighted by Crippen LogP contribution is 2.42. The number of hydrogen-bond acceptors (Lipinski definition) is 3. The van der Waals surface area contributed by atoms with E-state index in [-0.39, 0.29) is 16.9 Å². The molecule has 1 aliphatic rings. The summed E-state index contributed by atoms with van der Waals surface area (Å²) in [6, 6.07) is 7.30. The maximum Gasteiger partial charge on any atom is 0.417 e. The van der Waals surface area contributed by atoms with Crippen LogP contribution in [0.15, 0.2) is 24.3 Å². The van der Waals surface area contributed by atoms with Crippen molar-refractivity contribution in [3.8, 4) is 17.2 Å². The smallest absolute Gasteiger partial charge is 0.383 e. The van der Waals surface area contributed by atoms with Crippen molar-refractivity contribution in [1.29, 1.82) is 5.26 Å². The summed E-state index contributed by atoms with van der Waals surface area (Å²) in [5.41, 5.74) is 6.93. The maximum absolute atomic E-state index is 13.5. The molecule has 0 saturated carbocycles. The first-order valence-electron chi connectivity index (χ1n) is 7.81. The number of nitrogen functional groups attached to an aromatic ring is 1. The minimum absolute atomic E-state index is 0.00475. The van der Waals surface area contributed by atoms with E-state index in [0.717, 1.165) is 36.6 Å². The van der Waals surface area contributed by atoms with Crippen LogP contribution in [0.3, 0.4) is 0 Å². The molecule has 0 fully saturated rings. The van der Waals surface area contributed by atoms with Crippen LogP contribution in [-0.4, -0.2) is 4.98 Å². The third-order valence-electron chi connectivity index (χ3n) is 4.37. The Bertz CT molecular complexity index is 819. The molecule has 0 amide bonds. The Morgan fingerprint density at radius 1 is 1.08 bits per heavy atom. The maximum atomic E-state index is 13.5. The van der Waals surface area contributed by atoms with Crippen molar-refractivity contribution < 1.29 is 13.2 Å². The first kappa shape index (κ1) is 16.3. The van der Waals surface area contributed by atoms with Gasteiger partial charge in [-0.15, -0.1) is 0 Å². The van der Waals surface area contributed by atoms with Crippen molar-refractivity contribution in [3.05, 3.63) is 46.6 Å². The average molecular weight is 331 g/mol. The number of benzene rings is 1. The lowest BCUT2D eigenvalue weighted by atomic mass is 9.89. The van der Waals surface area contributed by atoms with Gasteiger partial charge in [-0.1, -0.05) is 24.6 Å². The average Bonchev–Trinajstić information content (AvgIpc) is 2.77. The van der Waals surface area contributed by atoms with Crippen LogP contribution < -0.4 is 5.73 Å². The Balaban J connectivity index is 2.37. The monoisotopic (exact) mass is 331 g/mol. The van der Waals surface area contributed by atoms with Crippen LogP contribution in [0, 0.1) is 11.3 Å². The number of anilines is 1. The second kappa shape index (κ2) is 6.16. The number of alkyl halides is 3. The van der Waals surface area contributed by atoms with Crippen molar-refractivity contribution in [2.75, 3.05) is 5.73 Å². The molecule has 1 aliphatic carbocycles. The van der Waals surface area contributed by atoms with E-state index in [4.69, 9.17) is 5.73 Å². The fourth-order valence-corrected chi connectivity index (χ4v) is 3.30.